The molecular weight excluding hydrogens is 264 g/mol. The molecule has 1 aromatic carbocycles. The third-order valence-electron chi connectivity index (χ3n) is 5.06. The lowest BCUT2D eigenvalue weighted by Gasteiger charge is -2.20. The van der Waals surface area contributed by atoms with E-state index in [1.807, 2.05) is 34.6 Å². The summed E-state index contributed by atoms with van der Waals surface area (Å²) in [4.78, 5) is 24.4. The Bertz CT molecular complexity index is 575. The van der Waals surface area contributed by atoms with E-state index < -0.39 is 11.9 Å². The number of rotatable bonds is 3. The van der Waals surface area contributed by atoms with Crippen molar-refractivity contribution in [3.63, 3.8) is 0 Å². The maximum absolute atomic E-state index is 13.0. The van der Waals surface area contributed by atoms with Crippen LogP contribution < -0.4 is 0 Å². The maximum atomic E-state index is 13.0. The monoisotopic (exact) mass is 288 g/mol. The van der Waals surface area contributed by atoms with Gasteiger partial charge in [-0.1, -0.05) is 13.0 Å². The molecule has 2 rings (SSSR count). The third-order valence-corrected chi connectivity index (χ3v) is 5.06. The van der Waals surface area contributed by atoms with E-state index in [9.17, 15) is 14.7 Å². The molecule has 21 heavy (non-hydrogen) atoms. The first-order chi connectivity index (χ1) is 9.73. The molecular formula is C18H24O3. The van der Waals surface area contributed by atoms with E-state index in [0.29, 0.717) is 18.8 Å². The number of aryl methyl sites for hydroxylation is 2. The first kappa shape index (κ1) is 15.7. The van der Waals surface area contributed by atoms with Gasteiger partial charge in [-0.15, -0.1) is 0 Å². The second-order valence-electron chi connectivity index (χ2n) is 6.63. The van der Waals surface area contributed by atoms with E-state index in [1.54, 1.807) is 0 Å². The van der Waals surface area contributed by atoms with Gasteiger partial charge in [0.15, 0.2) is 5.78 Å². The van der Waals surface area contributed by atoms with Crippen LogP contribution in [0.3, 0.4) is 0 Å². The molecule has 0 saturated heterocycles. The van der Waals surface area contributed by atoms with Crippen molar-refractivity contribution >= 4 is 11.8 Å². The molecule has 0 bridgehead atoms. The number of aliphatic carboxylic acids is 1. The Morgan fingerprint density at radius 2 is 1.48 bits per heavy atom. The van der Waals surface area contributed by atoms with Crippen molar-refractivity contribution in [2.75, 3.05) is 0 Å². The van der Waals surface area contributed by atoms with Crippen LogP contribution in [-0.2, 0) is 4.79 Å². The number of carboxylic acid groups (broad SMARTS) is 1. The highest BCUT2D eigenvalue weighted by Gasteiger charge is 2.42. The fraction of sp³-hybridized carbons (Fsp3) is 0.556. The number of carbonyl (C=O) groups is 2. The number of carbonyl (C=O) groups excluding carboxylic acids is 1. The molecule has 114 valence electrons. The zero-order valence-corrected chi connectivity index (χ0v) is 13.5. The van der Waals surface area contributed by atoms with E-state index in [2.05, 4.69) is 6.07 Å². The van der Waals surface area contributed by atoms with Crippen LogP contribution in [0.5, 0.6) is 0 Å². The molecule has 3 unspecified atom stereocenters. The first-order valence-corrected chi connectivity index (χ1v) is 7.58. The molecule has 3 atom stereocenters. The van der Waals surface area contributed by atoms with Crippen molar-refractivity contribution in [1.82, 2.24) is 0 Å². The highest BCUT2D eigenvalue weighted by molar-refractivity contribution is 6.03. The molecule has 1 N–H and O–H groups in total. The lowest BCUT2D eigenvalue weighted by molar-refractivity contribution is -0.142. The lowest BCUT2D eigenvalue weighted by Crippen LogP contribution is -2.26. The van der Waals surface area contributed by atoms with E-state index in [0.717, 1.165) is 27.8 Å². The quantitative estimate of drug-likeness (QED) is 0.859. The summed E-state index contributed by atoms with van der Waals surface area (Å²) in [6, 6.07) is 2.09. The van der Waals surface area contributed by atoms with Crippen LogP contribution in [-0.4, -0.2) is 16.9 Å². The Morgan fingerprint density at radius 1 is 1.00 bits per heavy atom. The zero-order chi connectivity index (χ0) is 15.9. The van der Waals surface area contributed by atoms with E-state index in [1.165, 1.54) is 0 Å². The highest BCUT2D eigenvalue weighted by atomic mass is 16.4. The fourth-order valence-corrected chi connectivity index (χ4v) is 3.63. The predicted molar refractivity (Wildman–Crippen MR) is 82.7 cm³/mol. The summed E-state index contributed by atoms with van der Waals surface area (Å²) in [6.45, 7) is 9.96. The maximum Gasteiger partial charge on any atom is 0.307 e. The Kier molecular flexibility index (Phi) is 4.22. The minimum atomic E-state index is -0.836. The van der Waals surface area contributed by atoms with Crippen molar-refractivity contribution in [2.45, 2.75) is 47.5 Å². The van der Waals surface area contributed by atoms with Crippen LogP contribution in [0.2, 0.25) is 0 Å². The second kappa shape index (κ2) is 5.63. The van der Waals surface area contributed by atoms with Crippen molar-refractivity contribution in [1.29, 1.82) is 0 Å². The van der Waals surface area contributed by atoms with Gasteiger partial charge in [0.25, 0.3) is 0 Å². The van der Waals surface area contributed by atoms with Gasteiger partial charge in [0, 0.05) is 11.5 Å². The number of ketones is 1. The molecule has 0 heterocycles. The Hall–Kier alpha value is -1.64. The number of carboxylic acids is 1. The summed E-state index contributed by atoms with van der Waals surface area (Å²) in [5.41, 5.74) is 4.93. The van der Waals surface area contributed by atoms with Crippen LogP contribution in [0.4, 0.5) is 0 Å². The van der Waals surface area contributed by atoms with Crippen LogP contribution in [0.1, 0.15) is 52.4 Å². The summed E-state index contributed by atoms with van der Waals surface area (Å²) in [6.07, 6.45) is 1.29. The number of hydrogen-bond donors (Lipinski definition) is 1. The Balaban J connectivity index is 2.48. The normalized spacial score (nSPS) is 25.1. The average Bonchev–Trinajstić information content (AvgIpc) is 2.79. The standard InChI is InChI=1S/C18H24O3/c1-9-6-14(15(7-9)18(20)21)17(19)16-12(4)10(2)8-11(3)13(16)5/h8-9,14-15H,6-7H2,1-5H3,(H,20,21). The van der Waals surface area contributed by atoms with Crippen LogP contribution in [0.25, 0.3) is 0 Å². The minimum Gasteiger partial charge on any atom is -0.481 e. The lowest BCUT2D eigenvalue weighted by atomic mass is 9.83. The van der Waals surface area contributed by atoms with E-state index in [4.69, 9.17) is 0 Å². The molecule has 3 nitrogen and oxygen atoms in total. The van der Waals surface area contributed by atoms with Crippen molar-refractivity contribution < 1.29 is 14.7 Å². The predicted octanol–water partition coefficient (Wildman–Crippen LogP) is 3.85. The number of benzene rings is 1. The number of hydrogen-bond acceptors (Lipinski definition) is 2. The minimum absolute atomic E-state index is 0.0218. The largest absolute Gasteiger partial charge is 0.481 e. The fourth-order valence-electron chi connectivity index (χ4n) is 3.63. The zero-order valence-electron chi connectivity index (χ0n) is 13.5. The van der Waals surface area contributed by atoms with Crippen LogP contribution >= 0.6 is 0 Å². The van der Waals surface area contributed by atoms with E-state index >= 15 is 0 Å². The molecule has 1 saturated carbocycles. The molecule has 1 aliphatic rings. The molecule has 1 aliphatic carbocycles. The van der Waals surface area contributed by atoms with Gasteiger partial charge in [0.2, 0.25) is 0 Å². The molecule has 0 aromatic heterocycles. The first-order valence-electron chi connectivity index (χ1n) is 7.58. The van der Waals surface area contributed by atoms with Gasteiger partial charge in [-0.3, -0.25) is 9.59 Å². The van der Waals surface area contributed by atoms with Gasteiger partial charge in [-0.25, -0.2) is 0 Å². The van der Waals surface area contributed by atoms with E-state index in [-0.39, 0.29) is 11.7 Å². The topological polar surface area (TPSA) is 54.4 Å². The van der Waals surface area contributed by atoms with Gasteiger partial charge >= 0.3 is 5.97 Å². The summed E-state index contributed by atoms with van der Waals surface area (Å²) >= 11 is 0. The van der Waals surface area contributed by atoms with Gasteiger partial charge in [0.05, 0.1) is 5.92 Å². The highest BCUT2D eigenvalue weighted by Crippen LogP contribution is 2.39. The number of Topliss-reactive ketones (excluding diaryl/α,β-unsaturated/α-hetero) is 1. The molecule has 1 aromatic rings. The van der Waals surface area contributed by atoms with Gasteiger partial charge in [0.1, 0.15) is 0 Å². The molecule has 0 aliphatic heterocycles. The van der Waals surface area contributed by atoms with Crippen molar-refractivity contribution in [3.05, 3.63) is 33.9 Å². The molecule has 0 radical (unpaired) electrons. The second-order valence-corrected chi connectivity index (χ2v) is 6.63. The molecule has 1 fully saturated rings. The summed E-state index contributed by atoms with van der Waals surface area (Å²) in [5.74, 6) is -1.43. The average molecular weight is 288 g/mol. The summed E-state index contributed by atoms with van der Waals surface area (Å²) in [7, 11) is 0. The summed E-state index contributed by atoms with van der Waals surface area (Å²) < 4.78 is 0. The molecule has 3 heteroatoms. The van der Waals surface area contributed by atoms with Crippen LogP contribution in [0, 0.1) is 45.4 Å². The van der Waals surface area contributed by atoms with Gasteiger partial charge in [-0.2, -0.15) is 0 Å². The van der Waals surface area contributed by atoms with Crippen molar-refractivity contribution in [2.24, 2.45) is 17.8 Å². The Labute approximate surface area is 126 Å². The summed E-state index contributed by atoms with van der Waals surface area (Å²) in [5, 5.41) is 9.39. The molecule has 0 spiro atoms. The van der Waals surface area contributed by atoms with Crippen LogP contribution in [0.15, 0.2) is 6.07 Å². The van der Waals surface area contributed by atoms with Gasteiger partial charge in [-0.05, 0) is 68.7 Å². The Morgan fingerprint density at radius 3 is 1.95 bits per heavy atom. The van der Waals surface area contributed by atoms with Crippen molar-refractivity contribution in [3.8, 4) is 0 Å². The van der Waals surface area contributed by atoms with Gasteiger partial charge < -0.3 is 5.11 Å². The molecule has 0 amide bonds. The third kappa shape index (κ3) is 2.74. The smallest absolute Gasteiger partial charge is 0.307 e. The SMILES string of the molecule is Cc1cc(C)c(C)c(C(=O)C2CC(C)CC2C(=O)O)c1C.